The van der Waals surface area contributed by atoms with Crippen LogP contribution in [0.1, 0.15) is 6.42 Å². The fourth-order valence-corrected chi connectivity index (χ4v) is 2.58. The molecular formula is C10H20O5Si. The Morgan fingerprint density at radius 2 is 1.88 bits per heavy atom. The van der Waals surface area contributed by atoms with Gasteiger partial charge in [0.25, 0.3) is 0 Å². The Kier molecular flexibility index (Phi) is 6.18. The summed E-state index contributed by atoms with van der Waals surface area (Å²) in [5.74, 6) is 0. The van der Waals surface area contributed by atoms with Crippen LogP contribution in [0.5, 0.6) is 0 Å². The summed E-state index contributed by atoms with van der Waals surface area (Å²) in [6, 6.07) is 0. The van der Waals surface area contributed by atoms with E-state index in [9.17, 15) is 0 Å². The van der Waals surface area contributed by atoms with Crippen molar-refractivity contribution in [3.8, 4) is 0 Å². The van der Waals surface area contributed by atoms with Crippen LogP contribution in [0.3, 0.4) is 0 Å². The summed E-state index contributed by atoms with van der Waals surface area (Å²) in [6.45, 7) is 2.20. The smallest absolute Gasteiger partial charge is 0.378 e. The quantitative estimate of drug-likeness (QED) is 0.343. The first kappa shape index (κ1) is 13.8. The van der Waals surface area contributed by atoms with Gasteiger partial charge in [-0.25, -0.2) is 0 Å². The third kappa shape index (κ3) is 4.73. The molecule has 0 aliphatic carbocycles. The molecule has 0 amide bonds. The van der Waals surface area contributed by atoms with Crippen LogP contribution in [0.15, 0.2) is 11.8 Å². The summed E-state index contributed by atoms with van der Waals surface area (Å²) in [7, 11) is 2.22. The maximum atomic E-state index is 5.39. The highest BCUT2D eigenvalue weighted by Gasteiger charge is 2.34. The van der Waals surface area contributed by atoms with Crippen molar-refractivity contribution in [2.24, 2.45) is 0 Å². The molecule has 1 unspecified atom stereocenters. The molecule has 5 nitrogen and oxygen atoms in total. The van der Waals surface area contributed by atoms with Crippen molar-refractivity contribution in [3.63, 3.8) is 0 Å². The Morgan fingerprint density at radius 3 is 2.38 bits per heavy atom. The largest absolute Gasteiger partial charge is 0.528 e. The molecule has 1 saturated heterocycles. The number of epoxide rings is 1. The fourth-order valence-electron chi connectivity index (χ4n) is 1.21. The van der Waals surface area contributed by atoms with Crippen molar-refractivity contribution in [1.29, 1.82) is 0 Å². The molecule has 0 radical (unpaired) electrons. The SMILES string of the molecule is CO[Si](/C=C/CCOCC1CO1)(OC)OC. The van der Waals surface area contributed by atoms with Gasteiger partial charge in [0.05, 0.1) is 19.8 Å². The molecule has 1 aliphatic rings. The molecule has 94 valence electrons. The molecule has 1 atom stereocenters. The van der Waals surface area contributed by atoms with Crippen LogP contribution in [-0.2, 0) is 22.8 Å². The number of hydrogen-bond acceptors (Lipinski definition) is 5. The minimum Gasteiger partial charge on any atom is -0.378 e. The fraction of sp³-hybridized carbons (Fsp3) is 0.800. The van der Waals surface area contributed by atoms with E-state index in [1.165, 1.54) is 0 Å². The Bertz CT molecular complexity index is 205. The van der Waals surface area contributed by atoms with Gasteiger partial charge in [-0.2, -0.15) is 0 Å². The Hall–Kier alpha value is -0.243. The van der Waals surface area contributed by atoms with E-state index in [1.807, 2.05) is 11.8 Å². The molecule has 0 aromatic heterocycles. The van der Waals surface area contributed by atoms with Crippen LogP contribution in [0, 0.1) is 0 Å². The molecule has 0 aromatic carbocycles. The monoisotopic (exact) mass is 248 g/mol. The van der Waals surface area contributed by atoms with Gasteiger partial charge < -0.3 is 22.8 Å². The standard InChI is InChI=1S/C10H20O5Si/c1-11-16(12-2,13-3)7-5-4-6-14-8-10-9-15-10/h5,7,10H,4,6,8-9H2,1-3H3/b7-5+. The summed E-state index contributed by atoms with van der Waals surface area (Å²) >= 11 is 0. The highest BCUT2D eigenvalue weighted by molar-refractivity contribution is 6.66. The van der Waals surface area contributed by atoms with Gasteiger partial charge in [-0.05, 0) is 12.1 Å². The minimum atomic E-state index is -2.55. The maximum absolute atomic E-state index is 5.39. The zero-order valence-electron chi connectivity index (χ0n) is 10.1. The molecule has 0 saturated carbocycles. The lowest BCUT2D eigenvalue weighted by Crippen LogP contribution is -2.40. The molecule has 0 spiro atoms. The first-order chi connectivity index (χ1) is 7.76. The van der Waals surface area contributed by atoms with Gasteiger partial charge in [0.15, 0.2) is 0 Å². The molecule has 0 aromatic rings. The van der Waals surface area contributed by atoms with E-state index in [2.05, 4.69) is 0 Å². The molecule has 16 heavy (non-hydrogen) atoms. The van der Waals surface area contributed by atoms with Crippen molar-refractivity contribution >= 4 is 8.80 Å². The van der Waals surface area contributed by atoms with Crippen LogP contribution in [-0.4, -0.2) is 56.1 Å². The Labute approximate surface area is 97.6 Å². The zero-order chi connectivity index (χ0) is 11.9. The van der Waals surface area contributed by atoms with E-state index >= 15 is 0 Å². The Morgan fingerprint density at radius 1 is 1.25 bits per heavy atom. The van der Waals surface area contributed by atoms with Gasteiger partial charge in [-0.15, -0.1) is 0 Å². The lowest BCUT2D eigenvalue weighted by Gasteiger charge is -2.20. The zero-order valence-corrected chi connectivity index (χ0v) is 11.1. The van der Waals surface area contributed by atoms with E-state index < -0.39 is 8.80 Å². The third-order valence-electron chi connectivity index (χ3n) is 2.31. The number of ether oxygens (including phenoxy) is 2. The highest BCUT2D eigenvalue weighted by atomic mass is 28.4. The molecule has 0 N–H and O–H groups in total. The second kappa shape index (κ2) is 7.15. The normalized spacial score (nSPS) is 20.6. The highest BCUT2D eigenvalue weighted by Crippen LogP contribution is 2.10. The van der Waals surface area contributed by atoms with Crippen molar-refractivity contribution in [1.82, 2.24) is 0 Å². The maximum Gasteiger partial charge on any atom is 0.528 e. The average Bonchev–Trinajstić information content (AvgIpc) is 3.13. The molecular weight excluding hydrogens is 228 g/mol. The minimum absolute atomic E-state index is 0.328. The van der Waals surface area contributed by atoms with Gasteiger partial charge in [-0.3, -0.25) is 0 Å². The predicted octanol–water partition coefficient (Wildman–Crippen LogP) is 0.765. The Balaban J connectivity index is 2.12. The van der Waals surface area contributed by atoms with Gasteiger partial charge in [0.1, 0.15) is 6.10 Å². The van der Waals surface area contributed by atoms with Gasteiger partial charge in [0, 0.05) is 21.3 Å². The van der Waals surface area contributed by atoms with Crippen molar-refractivity contribution in [2.75, 3.05) is 41.2 Å². The van der Waals surface area contributed by atoms with Crippen LogP contribution < -0.4 is 0 Å². The van der Waals surface area contributed by atoms with E-state index in [4.69, 9.17) is 22.8 Å². The second-order valence-corrected chi connectivity index (χ2v) is 6.20. The summed E-state index contributed by atoms with van der Waals surface area (Å²) in [5.41, 5.74) is 1.87. The van der Waals surface area contributed by atoms with Crippen LogP contribution in [0.2, 0.25) is 0 Å². The predicted molar refractivity (Wildman–Crippen MR) is 61.1 cm³/mol. The summed E-state index contributed by atoms with van der Waals surface area (Å²) in [5, 5.41) is 0. The second-order valence-electron chi connectivity index (χ2n) is 3.44. The van der Waals surface area contributed by atoms with Crippen molar-refractivity contribution in [2.45, 2.75) is 12.5 Å². The first-order valence-corrected chi connectivity index (χ1v) is 7.09. The average molecular weight is 248 g/mol. The lowest BCUT2D eigenvalue weighted by atomic mass is 10.4. The first-order valence-electron chi connectivity index (χ1n) is 5.29. The van der Waals surface area contributed by atoms with E-state index in [-0.39, 0.29) is 0 Å². The number of rotatable bonds is 9. The van der Waals surface area contributed by atoms with Crippen LogP contribution in [0.25, 0.3) is 0 Å². The third-order valence-corrected chi connectivity index (χ3v) is 4.66. The van der Waals surface area contributed by atoms with E-state index in [1.54, 1.807) is 21.3 Å². The molecule has 1 aliphatic heterocycles. The summed E-state index contributed by atoms with van der Waals surface area (Å²) < 4.78 is 26.1. The van der Waals surface area contributed by atoms with Gasteiger partial charge >= 0.3 is 8.80 Å². The van der Waals surface area contributed by atoms with Gasteiger partial charge in [0.2, 0.25) is 0 Å². The van der Waals surface area contributed by atoms with Crippen LogP contribution in [0.4, 0.5) is 0 Å². The molecule has 0 bridgehead atoms. The molecule has 1 rings (SSSR count). The van der Waals surface area contributed by atoms with Crippen molar-refractivity contribution < 1.29 is 22.8 Å². The summed E-state index contributed by atoms with van der Waals surface area (Å²) in [4.78, 5) is 0. The van der Waals surface area contributed by atoms with Crippen molar-refractivity contribution in [3.05, 3.63) is 11.8 Å². The topological polar surface area (TPSA) is 49.5 Å². The van der Waals surface area contributed by atoms with Gasteiger partial charge in [-0.1, -0.05) is 6.08 Å². The lowest BCUT2D eigenvalue weighted by molar-refractivity contribution is 0.120. The molecule has 6 heteroatoms. The molecule has 1 fully saturated rings. The van der Waals surface area contributed by atoms with Crippen LogP contribution >= 0.6 is 0 Å². The number of hydrogen-bond donors (Lipinski definition) is 0. The van der Waals surface area contributed by atoms with E-state index in [0.29, 0.717) is 19.3 Å². The van der Waals surface area contributed by atoms with E-state index in [0.717, 1.165) is 13.0 Å². The summed E-state index contributed by atoms with van der Waals surface area (Å²) in [6.07, 6.45) is 3.11. The molecule has 1 heterocycles.